The predicted octanol–water partition coefficient (Wildman–Crippen LogP) is 3.80. The lowest BCUT2D eigenvalue weighted by atomic mass is 10.0. The monoisotopic (exact) mass is 399 g/mol. The maximum atomic E-state index is 12.8. The molecule has 0 bridgehead atoms. The molecule has 4 nitrogen and oxygen atoms in total. The number of rotatable bonds is 6. The summed E-state index contributed by atoms with van der Waals surface area (Å²) < 4.78 is 43.0. The fourth-order valence-electron chi connectivity index (χ4n) is 2.52. The second-order valence-corrected chi connectivity index (χ2v) is 6.29. The average Bonchev–Trinajstić information content (AvgIpc) is 2.60. The number of ether oxygens (including phenoxy) is 1. The lowest BCUT2D eigenvalue weighted by Gasteiger charge is -2.17. The number of hydrogen-bond acceptors (Lipinski definition) is 3. The van der Waals surface area contributed by atoms with Gasteiger partial charge in [-0.25, -0.2) is 4.79 Å². The molecule has 0 aliphatic carbocycles. The SMILES string of the molecule is COC(=O)[C@H](Cc1cccc(Cl)c1)NC(=O)Cc1cccc(C(F)(F)F)c1. The van der Waals surface area contributed by atoms with E-state index in [2.05, 4.69) is 5.32 Å². The van der Waals surface area contributed by atoms with E-state index in [1.165, 1.54) is 19.2 Å². The van der Waals surface area contributed by atoms with Crippen molar-refractivity contribution in [2.24, 2.45) is 0 Å². The molecule has 1 atom stereocenters. The largest absolute Gasteiger partial charge is 0.467 e. The van der Waals surface area contributed by atoms with Crippen LogP contribution >= 0.6 is 11.6 Å². The van der Waals surface area contributed by atoms with E-state index in [-0.39, 0.29) is 18.4 Å². The van der Waals surface area contributed by atoms with Gasteiger partial charge < -0.3 is 10.1 Å². The highest BCUT2D eigenvalue weighted by Gasteiger charge is 2.30. The molecule has 0 spiro atoms. The van der Waals surface area contributed by atoms with Crippen molar-refractivity contribution in [3.8, 4) is 0 Å². The number of nitrogens with one attached hydrogen (secondary N) is 1. The first-order valence-corrected chi connectivity index (χ1v) is 8.34. The minimum Gasteiger partial charge on any atom is -0.467 e. The van der Waals surface area contributed by atoms with Crippen molar-refractivity contribution in [2.45, 2.75) is 25.1 Å². The van der Waals surface area contributed by atoms with E-state index in [9.17, 15) is 22.8 Å². The fraction of sp³-hybridized carbons (Fsp3) is 0.263. The Bertz CT molecular complexity index is 824. The van der Waals surface area contributed by atoms with Gasteiger partial charge in [-0.2, -0.15) is 13.2 Å². The summed E-state index contributed by atoms with van der Waals surface area (Å²) >= 11 is 5.91. The van der Waals surface area contributed by atoms with Gasteiger partial charge in [0.25, 0.3) is 0 Å². The highest BCUT2D eigenvalue weighted by atomic mass is 35.5. The van der Waals surface area contributed by atoms with Crippen molar-refractivity contribution < 1.29 is 27.5 Å². The number of alkyl halides is 3. The Balaban J connectivity index is 2.09. The van der Waals surface area contributed by atoms with E-state index in [1.54, 1.807) is 24.3 Å². The van der Waals surface area contributed by atoms with Crippen molar-refractivity contribution in [1.82, 2.24) is 5.32 Å². The highest BCUT2D eigenvalue weighted by Crippen LogP contribution is 2.29. The first-order chi connectivity index (χ1) is 12.7. The zero-order valence-electron chi connectivity index (χ0n) is 14.3. The summed E-state index contributed by atoms with van der Waals surface area (Å²) in [5.41, 5.74) is 0.0576. The summed E-state index contributed by atoms with van der Waals surface area (Å²) in [5, 5.41) is 2.98. The Morgan fingerprint density at radius 1 is 1.11 bits per heavy atom. The molecule has 0 heterocycles. The molecule has 0 aliphatic rings. The maximum absolute atomic E-state index is 12.8. The third kappa shape index (κ3) is 6.29. The topological polar surface area (TPSA) is 55.4 Å². The molecule has 1 N–H and O–H groups in total. The Labute approximate surface area is 159 Å². The zero-order valence-corrected chi connectivity index (χ0v) is 15.1. The number of carbonyl (C=O) groups excluding carboxylic acids is 2. The molecule has 2 aromatic rings. The van der Waals surface area contributed by atoms with Crippen LogP contribution in [0.5, 0.6) is 0 Å². The molecule has 0 saturated carbocycles. The van der Waals surface area contributed by atoms with E-state index in [4.69, 9.17) is 16.3 Å². The van der Waals surface area contributed by atoms with Gasteiger partial charge in [0, 0.05) is 11.4 Å². The van der Waals surface area contributed by atoms with Gasteiger partial charge >= 0.3 is 12.1 Å². The summed E-state index contributed by atoms with van der Waals surface area (Å²) in [4.78, 5) is 24.2. The van der Waals surface area contributed by atoms with Crippen molar-refractivity contribution in [3.63, 3.8) is 0 Å². The molecule has 0 saturated heterocycles. The molecule has 2 aromatic carbocycles. The van der Waals surface area contributed by atoms with Crippen LogP contribution < -0.4 is 5.32 Å². The van der Waals surface area contributed by atoms with Crippen LogP contribution in [0.1, 0.15) is 16.7 Å². The van der Waals surface area contributed by atoms with Crippen LogP contribution in [-0.2, 0) is 33.3 Å². The number of halogens is 4. The molecule has 0 unspecified atom stereocenters. The third-order valence-corrected chi connectivity index (χ3v) is 4.00. The lowest BCUT2D eigenvalue weighted by Crippen LogP contribution is -2.43. The molecule has 0 fully saturated rings. The normalized spacial score (nSPS) is 12.3. The van der Waals surface area contributed by atoms with Gasteiger partial charge in [0.1, 0.15) is 6.04 Å². The van der Waals surface area contributed by atoms with Gasteiger partial charge in [0.15, 0.2) is 0 Å². The molecule has 144 valence electrons. The summed E-state index contributed by atoms with van der Waals surface area (Å²) in [6, 6.07) is 10.3. The van der Waals surface area contributed by atoms with Crippen LogP contribution in [0.4, 0.5) is 13.2 Å². The van der Waals surface area contributed by atoms with Crippen LogP contribution in [0.25, 0.3) is 0 Å². The van der Waals surface area contributed by atoms with Crippen LogP contribution in [-0.4, -0.2) is 25.0 Å². The number of amides is 1. The van der Waals surface area contributed by atoms with Gasteiger partial charge in [0.05, 0.1) is 19.1 Å². The summed E-state index contributed by atoms with van der Waals surface area (Å²) in [7, 11) is 1.19. The quantitative estimate of drug-likeness (QED) is 0.752. The number of carbonyl (C=O) groups is 2. The van der Waals surface area contributed by atoms with Gasteiger partial charge in [0.2, 0.25) is 5.91 Å². The number of hydrogen-bond donors (Lipinski definition) is 1. The van der Waals surface area contributed by atoms with E-state index >= 15 is 0 Å². The van der Waals surface area contributed by atoms with Gasteiger partial charge in [-0.05, 0) is 29.3 Å². The second-order valence-electron chi connectivity index (χ2n) is 5.85. The fourth-order valence-corrected chi connectivity index (χ4v) is 2.74. The average molecular weight is 400 g/mol. The molecule has 8 heteroatoms. The molecular weight excluding hydrogens is 383 g/mol. The lowest BCUT2D eigenvalue weighted by molar-refractivity contribution is -0.145. The molecular formula is C19H17ClF3NO3. The van der Waals surface area contributed by atoms with Crippen molar-refractivity contribution >= 4 is 23.5 Å². The predicted molar refractivity (Wildman–Crippen MR) is 94.3 cm³/mol. The summed E-state index contributed by atoms with van der Waals surface area (Å²) in [6.07, 6.45) is -4.65. The first kappa shape index (κ1) is 20.8. The maximum Gasteiger partial charge on any atom is 0.416 e. The molecule has 0 aliphatic heterocycles. The van der Waals surface area contributed by atoms with Gasteiger partial charge in [-0.1, -0.05) is 41.9 Å². The van der Waals surface area contributed by atoms with E-state index < -0.39 is 29.7 Å². The Morgan fingerprint density at radius 3 is 2.41 bits per heavy atom. The number of benzene rings is 2. The highest BCUT2D eigenvalue weighted by molar-refractivity contribution is 6.30. The van der Waals surface area contributed by atoms with E-state index in [0.29, 0.717) is 10.6 Å². The van der Waals surface area contributed by atoms with E-state index in [1.807, 2.05) is 0 Å². The van der Waals surface area contributed by atoms with Crippen molar-refractivity contribution in [1.29, 1.82) is 0 Å². The summed E-state index contributed by atoms with van der Waals surface area (Å²) in [5.74, 6) is -1.25. The van der Waals surface area contributed by atoms with Crippen LogP contribution in [0, 0.1) is 0 Å². The molecule has 2 rings (SSSR count). The smallest absolute Gasteiger partial charge is 0.416 e. The van der Waals surface area contributed by atoms with Crippen LogP contribution in [0.3, 0.4) is 0 Å². The Morgan fingerprint density at radius 2 is 1.78 bits per heavy atom. The standard InChI is InChI=1S/C19H17ClF3NO3/c1-27-18(26)16(10-13-5-3-7-15(20)9-13)24-17(25)11-12-4-2-6-14(8-12)19(21,22)23/h2-9,16H,10-11H2,1H3,(H,24,25)/t16-/m0/s1. The minimum absolute atomic E-state index is 0.140. The van der Waals surface area contributed by atoms with E-state index in [0.717, 1.165) is 12.1 Å². The van der Waals surface area contributed by atoms with Crippen molar-refractivity contribution in [3.05, 3.63) is 70.2 Å². The zero-order chi connectivity index (χ0) is 20.0. The molecule has 0 aromatic heterocycles. The second kappa shape index (κ2) is 8.90. The molecule has 0 radical (unpaired) electrons. The minimum atomic E-state index is -4.49. The van der Waals surface area contributed by atoms with Crippen LogP contribution in [0.2, 0.25) is 5.02 Å². The summed E-state index contributed by atoms with van der Waals surface area (Å²) in [6.45, 7) is 0. The number of esters is 1. The van der Waals surface area contributed by atoms with Crippen LogP contribution in [0.15, 0.2) is 48.5 Å². The third-order valence-electron chi connectivity index (χ3n) is 3.77. The first-order valence-electron chi connectivity index (χ1n) is 7.97. The van der Waals surface area contributed by atoms with Gasteiger partial charge in [-0.15, -0.1) is 0 Å². The molecule has 1 amide bonds. The molecule has 27 heavy (non-hydrogen) atoms. The Hall–Kier alpha value is -2.54. The van der Waals surface area contributed by atoms with Crippen molar-refractivity contribution in [2.75, 3.05) is 7.11 Å². The number of methoxy groups -OCH3 is 1. The Kier molecular flexibility index (Phi) is 6.85. The van der Waals surface area contributed by atoms with Gasteiger partial charge in [-0.3, -0.25) is 4.79 Å².